The van der Waals surface area contributed by atoms with Gasteiger partial charge in [0.05, 0.1) is 5.60 Å². The topological polar surface area (TPSA) is 29.5 Å². The van der Waals surface area contributed by atoms with Crippen LogP contribution >= 0.6 is 0 Å². The maximum Gasteiger partial charge on any atom is 0.135 e. The van der Waals surface area contributed by atoms with Crippen LogP contribution in [0, 0.1) is 0 Å². The summed E-state index contributed by atoms with van der Waals surface area (Å²) in [6, 6.07) is 0.396. The van der Waals surface area contributed by atoms with E-state index in [0.717, 1.165) is 39.0 Å². The Balaban J connectivity index is 1.91. The Kier molecular flexibility index (Phi) is 3.12. The van der Waals surface area contributed by atoms with Gasteiger partial charge in [-0.2, -0.15) is 0 Å². The Bertz CT molecular complexity index is 246. The average Bonchev–Trinajstić information content (AvgIpc) is 2.58. The van der Waals surface area contributed by atoms with Crippen molar-refractivity contribution in [3.05, 3.63) is 0 Å². The molecule has 0 spiro atoms. The summed E-state index contributed by atoms with van der Waals surface area (Å²) in [5.41, 5.74) is 0.0364. The van der Waals surface area contributed by atoms with E-state index in [9.17, 15) is 4.79 Å². The van der Waals surface area contributed by atoms with Gasteiger partial charge in [-0.3, -0.25) is 9.69 Å². The maximum absolute atomic E-state index is 11.3. The van der Waals surface area contributed by atoms with Crippen molar-refractivity contribution in [1.82, 2.24) is 4.90 Å². The van der Waals surface area contributed by atoms with Crippen LogP contribution in [0.25, 0.3) is 0 Å². The second-order valence-electron chi connectivity index (χ2n) is 5.21. The molecule has 0 bridgehead atoms. The summed E-state index contributed by atoms with van der Waals surface area (Å²) in [4.78, 5) is 13.7. The molecule has 2 heterocycles. The van der Waals surface area contributed by atoms with Crippen molar-refractivity contribution in [2.45, 2.75) is 51.2 Å². The Hall–Kier alpha value is -0.410. The van der Waals surface area contributed by atoms with E-state index in [1.807, 2.05) is 0 Å². The molecule has 2 aliphatic heterocycles. The van der Waals surface area contributed by atoms with Crippen molar-refractivity contribution < 1.29 is 9.53 Å². The molecule has 3 heteroatoms. The van der Waals surface area contributed by atoms with Crippen LogP contribution in [0.2, 0.25) is 0 Å². The summed E-state index contributed by atoms with van der Waals surface area (Å²) >= 11 is 0. The molecule has 0 amide bonds. The van der Waals surface area contributed by atoms with Gasteiger partial charge in [-0.15, -0.1) is 0 Å². The van der Waals surface area contributed by atoms with Gasteiger partial charge in [0.2, 0.25) is 0 Å². The van der Waals surface area contributed by atoms with Crippen LogP contribution in [0.1, 0.15) is 39.5 Å². The zero-order chi connectivity index (χ0) is 10.9. The number of ketones is 1. The first kappa shape index (κ1) is 11.1. The monoisotopic (exact) mass is 211 g/mol. The normalized spacial score (nSPS) is 38.5. The Morgan fingerprint density at radius 2 is 2.40 bits per heavy atom. The maximum atomic E-state index is 11.3. The van der Waals surface area contributed by atoms with Gasteiger partial charge in [-0.05, 0) is 26.7 Å². The largest absolute Gasteiger partial charge is 0.374 e. The lowest BCUT2D eigenvalue weighted by molar-refractivity contribution is -0.124. The van der Waals surface area contributed by atoms with Crippen LogP contribution in [-0.4, -0.2) is 42.0 Å². The van der Waals surface area contributed by atoms with Crippen molar-refractivity contribution in [2.24, 2.45) is 0 Å². The number of ether oxygens (including phenoxy) is 1. The number of hydrogen-bond donors (Lipinski definition) is 0. The summed E-state index contributed by atoms with van der Waals surface area (Å²) in [5.74, 6) is 0.413. The van der Waals surface area contributed by atoms with Crippen LogP contribution in [0.15, 0.2) is 0 Å². The van der Waals surface area contributed by atoms with Gasteiger partial charge in [-0.1, -0.05) is 0 Å². The minimum absolute atomic E-state index is 0.0364. The summed E-state index contributed by atoms with van der Waals surface area (Å²) in [7, 11) is 0. The van der Waals surface area contributed by atoms with E-state index < -0.39 is 0 Å². The Morgan fingerprint density at radius 1 is 1.60 bits per heavy atom. The minimum Gasteiger partial charge on any atom is -0.374 e. The molecule has 0 N–H and O–H groups in total. The van der Waals surface area contributed by atoms with Crippen molar-refractivity contribution in [3.63, 3.8) is 0 Å². The first-order valence-corrected chi connectivity index (χ1v) is 5.99. The fourth-order valence-corrected chi connectivity index (χ4v) is 2.68. The molecule has 3 nitrogen and oxygen atoms in total. The number of likely N-dealkylation sites (tertiary alicyclic amines) is 1. The van der Waals surface area contributed by atoms with Gasteiger partial charge >= 0.3 is 0 Å². The number of piperidine rings is 1. The molecule has 2 atom stereocenters. The molecule has 15 heavy (non-hydrogen) atoms. The molecule has 0 saturated carbocycles. The lowest BCUT2D eigenvalue weighted by Gasteiger charge is -2.38. The predicted molar refractivity (Wildman–Crippen MR) is 58.9 cm³/mol. The van der Waals surface area contributed by atoms with E-state index in [4.69, 9.17) is 4.74 Å². The molecule has 0 aromatic rings. The molecule has 0 radical (unpaired) electrons. The van der Waals surface area contributed by atoms with E-state index in [2.05, 4.69) is 18.7 Å². The minimum atomic E-state index is 0.0364. The van der Waals surface area contributed by atoms with E-state index >= 15 is 0 Å². The highest BCUT2D eigenvalue weighted by atomic mass is 16.5. The first-order valence-electron chi connectivity index (χ1n) is 5.99. The number of hydrogen-bond acceptors (Lipinski definition) is 3. The fraction of sp³-hybridized carbons (Fsp3) is 0.917. The highest BCUT2D eigenvalue weighted by Crippen LogP contribution is 2.28. The first-order chi connectivity index (χ1) is 7.09. The predicted octanol–water partition coefficient (Wildman–Crippen LogP) is 1.61. The van der Waals surface area contributed by atoms with Crippen molar-refractivity contribution in [2.75, 3.05) is 19.7 Å². The third kappa shape index (κ3) is 2.58. The van der Waals surface area contributed by atoms with Crippen LogP contribution in [-0.2, 0) is 9.53 Å². The lowest BCUT2D eigenvalue weighted by atomic mass is 9.97. The van der Waals surface area contributed by atoms with Crippen LogP contribution in [0.5, 0.6) is 0 Å². The number of rotatable bonds is 2. The molecule has 0 aromatic carbocycles. The van der Waals surface area contributed by atoms with E-state index in [0.29, 0.717) is 11.8 Å². The number of Topliss-reactive ketones (excluding diaryl/α,β-unsaturated/α-hetero) is 1. The smallest absolute Gasteiger partial charge is 0.135 e. The Labute approximate surface area is 91.8 Å². The standard InChI is InChI=1S/C12H21NO2/c1-10-8-11(14)4-6-13(10)9-12(2)5-3-7-15-12/h10H,3-9H2,1-2H3. The van der Waals surface area contributed by atoms with E-state index in [1.54, 1.807) is 0 Å². The van der Waals surface area contributed by atoms with Gasteiger partial charge in [0.15, 0.2) is 0 Å². The van der Waals surface area contributed by atoms with Gasteiger partial charge in [0.25, 0.3) is 0 Å². The zero-order valence-electron chi connectivity index (χ0n) is 9.79. The van der Waals surface area contributed by atoms with E-state index in [-0.39, 0.29) is 5.60 Å². The summed E-state index contributed by atoms with van der Waals surface area (Å²) in [5, 5.41) is 0. The van der Waals surface area contributed by atoms with Crippen molar-refractivity contribution >= 4 is 5.78 Å². The summed E-state index contributed by atoms with van der Waals surface area (Å²) < 4.78 is 5.79. The molecule has 0 aromatic heterocycles. The number of nitrogens with zero attached hydrogens (tertiary/aromatic N) is 1. The third-order valence-corrected chi connectivity index (χ3v) is 3.66. The fourth-order valence-electron chi connectivity index (χ4n) is 2.68. The number of carbonyl (C=O) groups is 1. The van der Waals surface area contributed by atoms with Crippen molar-refractivity contribution in [1.29, 1.82) is 0 Å². The zero-order valence-corrected chi connectivity index (χ0v) is 9.79. The SMILES string of the molecule is CC1CC(=O)CCN1CC1(C)CCCO1. The van der Waals surface area contributed by atoms with Crippen LogP contribution in [0.3, 0.4) is 0 Å². The van der Waals surface area contributed by atoms with Crippen LogP contribution in [0.4, 0.5) is 0 Å². The molecule has 2 aliphatic rings. The van der Waals surface area contributed by atoms with Crippen LogP contribution < -0.4 is 0 Å². The number of carbonyl (C=O) groups excluding carboxylic acids is 1. The molecule has 2 saturated heterocycles. The molecule has 2 rings (SSSR count). The highest BCUT2D eigenvalue weighted by Gasteiger charge is 2.34. The molecule has 2 fully saturated rings. The summed E-state index contributed by atoms with van der Waals surface area (Å²) in [6.07, 6.45) is 3.78. The average molecular weight is 211 g/mol. The van der Waals surface area contributed by atoms with E-state index in [1.165, 1.54) is 6.42 Å². The second-order valence-corrected chi connectivity index (χ2v) is 5.21. The third-order valence-electron chi connectivity index (χ3n) is 3.66. The van der Waals surface area contributed by atoms with Gasteiger partial charge in [-0.25, -0.2) is 0 Å². The molecule has 2 unspecified atom stereocenters. The van der Waals surface area contributed by atoms with Gasteiger partial charge in [0.1, 0.15) is 5.78 Å². The van der Waals surface area contributed by atoms with Gasteiger partial charge < -0.3 is 4.74 Å². The second kappa shape index (κ2) is 4.22. The summed E-state index contributed by atoms with van der Waals surface area (Å²) in [6.45, 7) is 7.15. The molecule has 86 valence electrons. The Morgan fingerprint density at radius 3 is 3.00 bits per heavy atom. The van der Waals surface area contributed by atoms with Gasteiger partial charge in [0, 0.05) is 38.6 Å². The molecule has 0 aliphatic carbocycles. The highest BCUT2D eigenvalue weighted by molar-refractivity contribution is 5.79. The molecular formula is C12H21NO2. The van der Waals surface area contributed by atoms with Crippen molar-refractivity contribution in [3.8, 4) is 0 Å². The molecular weight excluding hydrogens is 190 g/mol. The lowest BCUT2D eigenvalue weighted by Crippen LogP contribution is -2.48. The quantitative estimate of drug-likeness (QED) is 0.695.